The van der Waals surface area contributed by atoms with Crippen LogP contribution in [-0.2, 0) is 12.8 Å². The molecule has 1 saturated carbocycles. The van der Waals surface area contributed by atoms with Crippen molar-refractivity contribution in [1.82, 2.24) is 0 Å². The summed E-state index contributed by atoms with van der Waals surface area (Å²) in [5, 5.41) is 10.3. The first-order chi connectivity index (χ1) is 12.3. The zero-order valence-corrected chi connectivity index (χ0v) is 17.9. The molecule has 0 amide bonds. The number of phenolic OH excluding ortho intramolecular Hbond substituents is 1. The molecule has 0 aliphatic heterocycles. The van der Waals surface area contributed by atoms with E-state index in [0.717, 1.165) is 12.8 Å². The Hall–Kier alpha value is -0.980. The first-order valence-electron chi connectivity index (χ1n) is 11.1. The Morgan fingerprint density at radius 3 is 2.23 bits per heavy atom. The van der Waals surface area contributed by atoms with Crippen LogP contribution in [-0.4, -0.2) is 5.11 Å². The highest BCUT2D eigenvalue weighted by atomic mass is 16.3. The smallest absolute Gasteiger partial charge is 0.119 e. The summed E-state index contributed by atoms with van der Waals surface area (Å²) in [6.07, 6.45) is 16.9. The van der Waals surface area contributed by atoms with Crippen LogP contribution in [0.1, 0.15) is 109 Å². The molecule has 1 heteroatoms. The summed E-state index contributed by atoms with van der Waals surface area (Å²) in [6.45, 7) is 9.42. The molecule has 1 N–H and O–H groups in total. The maximum absolute atomic E-state index is 10.3. The highest BCUT2D eigenvalue weighted by Gasteiger charge is 2.35. The number of phenols is 1. The van der Waals surface area contributed by atoms with E-state index in [1.807, 2.05) is 12.1 Å². The molecule has 1 aromatic carbocycles. The van der Waals surface area contributed by atoms with Gasteiger partial charge in [0.25, 0.3) is 0 Å². The van der Waals surface area contributed by atoms with E-state index >= 15 is 0 Å². The van der Waals surface area contributed by atoms with Crippen molar-refractivity contribution in [1.29, 1.82) is 0 Å². The molecule has 0 unspecified atom stereocenters. The van der Waals surface area contributed by atoms with Crippen LogP contribution in [0.4, 0.5) is 0 Å². The van der Waals surface area contributed by atoms with E-state index < -0.39 is 0 Å². The molecule has 0 bridgehead atoms. The van der Waals surface area contributed by atoms with Gasteiger partial charge in [0, 0.05) is 0 Å². The molecular formula is C25H42O. The number of hydrogen-bond acceptors (Lipinski definition) is 1. The summed E-state index contributed by atoms with van der Waals surface area (Å²) < 4.78 is 0. The molecule has 26 heavy (non-hydrogen) atoms. The Balaban J connectivity index is 1.68. The largest absolute Gasteiger partial charge is 0.508 e. The topological polar surface area (TPSA) is 20.2 Å². The zero-order chi connectivity index (χ0) is 19.0. The molecular weight excluding hydrogens is 316 g/mol. The van der Waals surface area contributed by atoms with Gasteiger partial charge in [0.15, 0.2) is 0 Å². The van der Waals surface area contributed by atoms with Crippen molar-refractivity contribution < 1.29 is 5.11 Å². The SMILES string of the molecule is CC(C)(C)CCCCCCc1cccc(O)c1CCCCCC1(C)CC1. The Bertz CT molecular complexity index is 534. The summed E-state index contributed by atoms with van der Waals surface area (Å²) in [6, 6.07) is 6.12. The van der Waals surface area contributed by atoms with Crippen LogP contribution in [0.15, 0.2) is 18.2 Å². The summed E-state index contributed by atoms with van der Waals surface area (Å²) in [4.78, 5) is 0. The lowest BCUT2D eigenvalue weighted by Crippen LogP contribution is -2.04. The minimum atomic E-state index is 0.468. The second-order valence-electron chi connectivity index (χ2n) is 10.3. The van der Waals surface area contributed by atoms with Crippen molar-refractivity contribution in [3.8, 4) is 5.75 Å². The van der Waals surface area contributed by atoms with E-state index in [1.165, 1.54) is 81.8 Å². The highest BCUT2D eigenvalue weighted by Crippen LogP contribution is 2.49. The lowest BCUT2D eigenvalue weighted by molar-refractivity contribution is 0.357. The molecule has 0 aromatic heterocycles. The first-order valence-corrected chi connectivity index (χ1v) is 11.1. The Kier molecular flexibility index (Phi) is 8.05. The van der Waals surface area contributed by atoms with Crippen molar-refractivity contribution in [2.24, 2.45) is 10.8 Å². The van der Waals surface area contributed by atoms with Crippen LogP contribution >= 0.6 is 0 Å². The van der Waals surface area contributed by atoms with Gasteiger partial charge in [-0.2, -0.15) is 0 Å². The molecule has 1 nitrogen and oxygen atoms in total. The number of aryl methyl sites for hydroxylation is 1. The van der Waals surface area contributed by atoms with Crippen molar-refractivity contribution in [2.75, 3.05) is 0 Å². The fourth-order valence-corrected chi connectivity index (χ4v) is 3.96. The minimum absolute atomic E-state index is 0.468. The van der Waals surface area contributed by atoms with Crippen LogP contribution in [0.25, 0.3) is 0 Å². The van der Waals surface area contributed by atoms with Crippen LogP contribution in [0, 0.1) is 10.8 Å². The number of benzene rings is 1. The predicted octanol–water partition coefficient (Wildman–Crippen LogP) is 7.83. The lowest BCUT2D eigenvalue weighted by atomic mass is 9.89. The third-order valence-corrected chi connectivity index (χ3v) is 6.18. The van der Waals surface area contributed by atoms with Crippen molar-refractivity contribution >= 4 is 0 Å². The summed E-state index contributed by atoms with van der Waals surface area (Å²) >= 11 is 0. The number of unbranched alkanes of at least 4 members (excludes halogenated alkanes) is 5. The fraction of sp³-hybridized carbons (Fsp3) is 0.760. The molecule has 1 aliphatic carbocycles. The Labute approximate surface area is 162 Å². The van der Waals surface area contributed by atoms with Gasteiger partial charge in [0.05, 0.1) is 0 Å². The molecule has 0 radical (unpaired) electrons. The number of hydrogen-bond donors (Lipinski definition) is 1. The summed E-state index contributed by atoms with van der Waals surface area (Å²) in [7, 11) is 0. The van der Waals surface area contributed by atoms with Crippen LogP contribution in [0.5, 0.6) is 5.75 Å². The van der Waals surface area contributed by atoms with E-state index in [-0.39, 0.29) is 0 Å². The van der Waals surface area contributed by atoms with Crippen LogP contribution in [0.2, 0.25) is 0 Å². The molecule has 0 atom stereocenters. The monoisotopic (exact) mass is 358 g/mol. The number of rotatable bonds is 12. The third kappa shape index (κ3) is 8.14. The predicted molar refractivity (Wildman–Crippen MR) is 114 cm³/mol. The molecule has 1 aromatic rings. The Morgan fingerprint density at radius 1 is 0.885 bits per heavy atom. The van der Waals surface area contributed by atoms with Crippen molar-refractivity contribution in [2.45, 2.75) is 111 Å². The molecule has 2 rings (SSSR count). The minimum Gasteiger partial charge on any atom is -0.508 e. The van der Waals surface area contributed by atoms with E-state index in [1.54, 1.807) is 0 Å². The molecule has 0 spiro atoms. The molecule has 0 saturated heterocycles. The average molecular weight is 359 g/mol. The van der Waals surface area contributed by atoms with Crippen LogP contribution in [0.3, 0.4) is 0 Å². The van der Waals surface area contributed by atoms with E-state index in [9.17, 15) is 5.11 Å². The van der Waals surface area contributed by atoms with Gasteiger partial charge in [-0.1, -0.05) is 71.9 Å². The highest BCUT2D eigenvalue weighted by molar-refractivity contribution is 5.39. The summed E-state index contributed by atoms with van der Waals surface area (Å²) in [5.41, 5.74) is 3.76. The average Bonchev–Trinajstić information content (AvgIpc) is 3.29. The van der Waals surface area contributed by atoms with Crippen molar-refractivity contribution in [3.63, 3.8) is 0 Å². The van der Waals surface area contributed by atoms with Gasteiger partial charge in [-0.05, 0) is 79.4 Å². The van der Waals surface area contributed by atoms with E-state index in [2.05, 4.69) is 33.8 Å². The maximum Gasteiger partial charge on any atom is 0.119 e. The van der Waals surface area contributed by atoms with Gasteiger partial charge in [-0.15, -0.1) is 0 Å². The fourth-order valence-electron chi connectivity index (χ4n) is 3.96. The van der Waals surface area contributed by atoms with E-state index in [0.29, 0.717) is 16.6 Å². The summed E-state index contributed by atoms with van der Waals surface area (Å²) in [5.74, 6) is 0.518. The lowest BCUT2D eigenvalue weighted by Gasteiger charge is -2.17. The van der Waals surface area contributed by atoms with Gasteiger partial charge in [0.2, 0.25) is 0 Å². The third-order valence-electron chi connectivity index (χ3n) is 6.18. The van der Waals surface area contributed by atoms with Gasteiger partial charge >= 0.3 is 0 Å². The van der Waals surface area contributed by atoms with E-state index in [4.69, 9.17) is 0 Å². The van der Waals surface area contributed by atoms with Crippen LogP contribution < -0.4 is 0 Å². The maximum atomic E-state index is 10.3. The molecule has 148 valence electrons. The van der Waals surface area contributed by atoms with Gasteiger partial charge in [-0.25, -0.2) is 0 Å². The molecule has 0 heterocycles. The normalized spacial score (nSPS) is 16.0. The van der Waals surface area contributed by atoms with Gasteiger partial charge < -0.3 is 5.11 Å². The second-order valence-corrected chi connectivity index (χ2v) is 10.3. The first kappa shape index (κ1) is 21.3. The zero-order valence-electron chi connectivity index (χ0n) is 17.9. The second kappa shape index (κ2) is 9.81. The van der Waals surface area contributed by atoms with Crippen molar-refractivity contribution in [3.05, 3.63) is 29.3 Å². The number of aromatic hydroxyl groups is 1. The molecule has 1 aliphatic rings. The van der Waals surface area contributed by atoms with Gasteiger partial charge in [0.1, 0.15) is 5.75 Å². The molecule has 1 fully saturated rings. The standard InChI is InChI=1S/C25H42O/c1-24(2,3)17-10-6-5-8-13-21-14-12-16-23(26)22(21)15-9-7-11-18-25(4)19-20-25/h12,14,16,26H,5-11,13,15,17-20H2,1-4H3. The quantitative estimate of drug-likeness (QED) is 0.377. The van der Waals surface area contributed by atoms with Gasteiger partial charge in [-0.3, -0.25) is 0 Å². The Morgan fingerprint density at radius 2 is 1.54 bits per heavy atom.